The molecule has 0 aromatic heterocycles. The van der Waals surface area contributed by atoms with E-state index in [0.29, 0.717) is 21.7 Å². The highest BCUT2D eigenvalue weighted by molar-refractivity contribution is 8.26. The van der Waals surface area contributed by atoms with Crippen LogP contribution in [0.5, 0.6) is 0 Å². The van der Waals surface area contributed by atoms with Crippen molar-refractivity contribution in [2.45, 2.75) is 36.8 Å². The Morgan fingerprint density at radius 2 is 1.27 bits per heavy atom. The summed E-state index contributed by atoms with van der Waals surface area (Å²) in [5, 5.41) is 0. The Hall–Kier alpha value is -3.16. The van der Waals surface area contributed by atoms with Gasteiger partial charge < -0.3 is 23.8 Å². The van der Waals surface area contributed by atoms with Gasteiger partial charge in [0.15, 0.2) is 0 Å². The van der Waals surface area contributed by atoms with Crippen LogP contribution in [0.2, 0.25) is 0 Å². The van der Waals surface area contributed by atoms with E-state index in [0.717, 1.165) is 35.3 Å². The number of amides is 1. The highest BCUT2D eigenvalue weighted by atomic mass is 32.2. The van der Waals surface area contributed by atoms with Crippen molar-refractivity contribution in [3.05, 3.63) is 55.0 Å². The van der Waals surface area contributed by atoms with E-state index in [9.17, 15) is 24.0 Å². The number of anilines is 1. The molecule has 0 aliphatic carbocycles. The van der Waals surface area contributed by atoms with Crippen molar-refractivity contribution in [1.29, 1.82) is 0 Å². The van der Waals surface area contributed by atoms with Crippen molar-refractivity contribution in [2.75, 3.05) is 33.3 Å². The van der Waals surface area contributed by atoms with Gasteiger partial charge in [-0.3, -0.25) is 4.79 Å². The molecule has 212 valence electrons. The van der Waals surface area contributed by atoms with Crippen molar-refractivity contribution in [3.63, 3.8) is 0 Å². The molecule has 1 spiro atoms. The fraction of sp³-hybridized carbons (Fsp3) is 0.370. The van der Waals surface area contributed by atoms with E-state index in [1.807, 2.05) is 13.8 Å². The molecule has 0 radical (unpaired) electrons. The number of thioether (sulfide) groups is 3. The highest BCUT2D eigenvalue weighted by Crippen LogP contribution is 2.71. The predicted molar refractivity (Wildman–Crippen MR) is 153 cm³/mol. The average Bonchev–Trinajstić information content (AvgIpc) is 3.35. The summed E-state index contributed by atoms with van der Waals surface area (Å²) in [5.74, 6) is -3.45. The molecule has 0 unspecified atom stereocenters. The van der Waals surface area contributed by atoms with Gasteiger partial charge in [0, 0.05) is 22.5 Å². The molecule has 3 aliphatic heterocycles. The van der Waals surface area contributed by atoms with E-state index >= 15 is 0 Å². The standard InChI is InChI=1S/C27H27NO9S3/c1-8-15(29)28-14-12-10-9-11-13(14)16-21(26(28,2)3)38-18(23(31)35-5)17(22(30)34-4)27(16)39-19(24(32)36-6)20(40-27)25(33)37-7/h9-12H,8H2,1-7H3. The summed E-state index contributed by atoms with van der Waals surface area (Å²) in [6.45, 7) is 5.43. The Labute approximate surface area is 243 Å². The third-order valence-corrected chi connectivity index (χ3v) is 11.3. The number of fused-ring (bicyclic) bond motifs is 3. The number of methoxy groups -OCH3 is 4. The molecule has 0 saturated heterocycles. The van der Waals surface area contributed by atoms with Gasteiger partial charge in [-0.1, -0.05) is 60.4 Å². The van der Waals surface area contributed by atoms with Crippen LogP contribution in [0.25, 0.3) is 5.57 Å². The maximum atomic E-state index is 13.6. The number of esters is 4. The Morgan fingerprint density at radius 1 is 0.775 bits per heavy atom. The van der Waals surface area contributed by atoms with Crippen LogP contribution in [-0.4, -0.2) is 67.8 Å². The number of benzene rings is 1. The summed E-state index contributed by atoms with van der Waals surface area (Å²) in [7, 11) is 4.70. The molecule has 4 rings (SSSR count). The number of hydrogen-bond donors (Lipinski definition) is 0. The molecule has 3 heterocycles. The van der Waals surface area contributed by atoms with Crippen molar-refractivity contribution in [2.24, 2.45) is 0 Å². The lowest BCUT2D eigenvalue weighted by atomic mass is 9.83. The van der Waals surface area contributed by atoms with Crippen molar-refractivity contribution < 1.29 is 42.9 Å². The van der Waals surface area contributed by atoms with E-state index in [2.05, 4.69) is 0 Å². The van der Waals surface area contributed by atoms with E-state index in [1.54, 1.807) is 36.1 Å². The number of ether oxygens (including phenoxy) is 4. The molecule has 0 bridgehead atoms. The van der Waals surface area contributed by atoms with Gasteiger partial charge in [0.05, 0.1) is 45.2 Å². The molecule has 1 aromatic rings. The first-order valence-electron chi connectivity index (χ1n) is 12.0. The van der Waals surface area contributed by atoms with Crippen LogP contribution < -0.4 is 4.90 Å². The molecule has 1 amide bonds. The van der Waals surface area contributed by atoms with Crippen LogP contribution in [0.1, 0.15) is 32.8 Å². The minimum Gasteiger partial charge on any atom is -0.466 e. The summed E-state index contributed by atoms with van der Waals surface area (Å²) in [6.07, 6.45) is 0.216. The zero-order valence-electron chi connectivity index (χ0n) is 22.9. The third-order valence-electron chi connectivity index (χ3n) is 6.60. The van der Waals surface area contributed by atoms with Crippen LogP contribution in [0.3, 0.4) is 0 Å². The Kier molecular flexibility index (Phi) is 8.21. The lowest BCUT2D eigenvalue weighted by Gasteiger charge is -2.50. The summed E-state index contributed by atoms with van der Waals surface area (Å²) in [6, 6.07) is 7.17. The van der Waals surface area contributed by atoms with Crippen LogP contribution in [0.4, 0.5) is 5.69 Å². The van der Waals surface area contributed by atoms with Crippen LogP contribution in [0, 0.1) is 0 Å². The van der Waals surface area contributed by atoms with Gasteiger partial charge in [-0.05, 0) is 19.9 Å². The monoisotopic (exact) mass is 605 g/mol. The van der Waals surface area contributed by atoms with Gasteiger partial charge in [-0.25, -0.2) is 19.2 Å². The molecule has 3 aliphatic rings. The normalized spacial score (nSPS) is 18.7. The number of carbonyl (C=O) groups excluding carboxylic acids is 5. The number of carbonyl (C=O) groups is 5. The Balaban J connectivity index is 2.16. The molecule has 0 fully saturated rings. The SMILES string of the molecule is CCC(=O)N1c2ccccc2C2=C(SC(C(=O)OC)=C(C(=O)OC)C23SC(C(=O)OC)=C(C(=O)OC)S3)C1(C)C. The Bertz CT molecular complexity index is 1410. The lowest BCUT2D eigenvalue weighted by Crippen LogP contribution is -2.53. The van der Waals surface area contributed by atoms with Crippen LogP contribution >= 0.6 is 35.3 Å². The molecule has 13 heteroatoms. The van der Waals surface area contributed by atoms with Crippen LogP contribution in [-0.2, 0) is 42.9 Å². The summed E-state index contributed by atoms with van der Waals surface area (Å²) in [4.78, 5) is 68.1. The maximum absolute atomic E-state index is 13.6. The molecular weight excluding hydrogens is 578 g/mol. The smallest absolute Gasteiger partial charge is 0.345 e. The largest absolute Gasteiger partial charge is 0.466 e. The van der Waals surface area contributed by atoms with E-state index < -0.39 is 33.5 Å². The van der Waals surface area contributed by atoms with Crippen molar-refractivity contribution in [1.82, 2.24) is 0 Å². The quantitative estimate of drug-likeness (QED) is 0.356. The minimum atomic E-state index is -1.58. The number of nitrogens with zero attached hydrogens (tertiary/aromatic N) is 1. The fourth-order valence-corrected chi connectivity index (χ4v) is 9.92. The van der Waals surface area contributed by atoms with Crippen molar-refractivity contribution >= 4 is 76.3 Å². The van der Waals surface area contributed by atoms with Gasteiger partial charge in [0.1, 0.15) is 18.8 Å². The fourth-order valence-electron chi connectivity index (χ4n) is 4.87. The first kappa shape index (κ1) is 29.8. The maximum Gasteiger partial charge on any atom is 0.345 e. The topological polar surface area (TPSA) is 126 Å². The molecular formula is C27H27NO9S3. The Morgan fingerprint density at radius 3 is 1.77 bits per heavy atom. The average molecular weight is 606 g/mol. The van der Waals surface area contributed by atoms with E-state index in [-0.39, 0.29) is 32.6 Å². The second kappa shape index (κ2) is 11.0. The zero-order valence-corrected chi connectivity index (χ0v) is 25.3. The second-order valence-corrected chi connectivity index (χ2v) is 12.8. The second-order valence-electron chi connectivity index (χ2n) is 9.11. The molecule has 10 nitrogen and oxygen atoms in total. The van der Waals surface area contributed by atoms with Crippen LogP contribution in [0.15, 0.2) is 49.5 Å². The number of hydrogen-bond acceptors (Lipinski definition) is 12. The van der Waals surface area contributed by atoms with Gasteiger partial charge in [-0.2, -0.15) is 0 Å². The zero-order chi connectivity index (χ0) is 29.6. The van der Waals surface area contributed by atoms with Gasteiger partial charge in [0.25, 0.3) is 0 Å². The molecule has 0 atom stereocenters. The molecule has 0 saturated carbocycles. The third kappa shape index (κ3) is 4.34. The first-order chi connectivity index (χ1) is 18.9. The predicted octanol–water partition coefficient (Wildman–Crippen LogP) is 4.01. The molecule has 0 N–H and O–H groups in total. The summed E-state index contributed by atoms with van der Waals surface area (Å²) in [5.41, 5.74) is 0.585. The van der Waals surface area contributed by atoms with Gasteiger partial charge in [0.2, 0.25) is 5.91 Å². The van der Waals surface area contributed by atoms with Gasteiger partial charge in [-0.15, -0.1) is 0 Å². The first-order valence-corrected chi connectivity index (χ1v) is 14.5. The number of rotatable bonds is 5. The van der Waals surface area contributed by atoms with Crippen molar-refractivity contribution in [3.8, 4) is 0 Å². The van der Waals surface area contributed by atoms with E-state index in [1.165, 1.54) is 28.4 Å². The number of para-hydroxylation sites is 1. The molecule has 1 aromatic carbocycles. The summed E-state index contributed by atoms with van der Waals surface area (Å²) < 4.78 is 18.6. The lowest BCUT2D eigenvalue weighted by molar-refractivity contribution is -0.138. The highest BCUT2D eigenvalue weighted by Gasteiger charge is 2.61. The van der Waals surface area contributed by atoms with Gasteiger partial charge >= 0.3 is 23.9 Å². The minimum absolute atomic E-state index is 0.0835. The summed E-state index contributed by atoms with van der Waals surface area (Å²) >= 11 is 2.79. The van der Waals surface area contributed by atoms with E-state index in [4.69, 9.17) is 18.9 Å². The molecule has 40 heavy (non-hydrogen) atoms.